The van der Waals surface area contributed by atoms with Gasteiger partial charge < -0.3 is 15.0 Å². The number of methoxy groups -OCH3 is 1. The number of amides is 1. The summed E-state index contributed by atoms with van der Waals surface area (Å²) < 4.78 is 5.21. The van der Waals surface area contributed by atoms with Gasteiger partial charge in [0.25, 0.3) is 0 Å². The molecule has 1 aromatic heterocycles. The Morgan fingerprint density at radius 1 is 1.13 bits per heavy atom. The first-order chi connectivity index (χ1) is 14.9. The number of rotatable bonds is 9. The van der Waals surface area contributed by atoms with E-state index in [-0.39, 0.29) is 12.3 Å². The van der Waals surface area contributed by atoms with Crippen LogP contribution in [0.2, 0.25) is 5.02 Å². The number of hydrogen-bond acceptors (Lipinski definition) is 5. The second-order valence-corrected chi connectivity index (χ2v) is 8.89. The van der Waals surface area contributed by atoms with Gasteiger partial charge in [0.05, 0.1) is 24.1 Å². The van der Waals surface area contributed by atoms with Crippen LogP contribution in [0, 0.1) is 5.41 Å². The molecule has 162 valence electrons. The third-order valence-corrected chi connectivity index (χ3v) is 6.27. The summed E-state index contributed by atoms with van der Waals surface area (Å²) >= 11 is 7.57. The van der Waals surface area contributed by atoms with Gasteiger partial charge in [0.15, 0.2) is 0 Å². The molecule has 0 saturated carbocycles. The number of nitrogens with one attached hydrogen (secondary N) is 2. The van der Waals surface area contributed by atoms with Crippen LogP contribution in [0.1, 0.15) is 16.0 Å². The van der Waals surface area contributed by atoms with Crippen molar-refractivity contribution in [3.8, 4) is 16.2 Å². The predicted octanol–water partition coefficient (Wildman–Crippen LogP) is 4.71. The number of benzene rings is 2. The summed E-state index contributed by atoms with van der Waals surface area (Å²) in [5.41, 5.74) is 3.11. The largest absolute Gasteiger partial charge is 0.497 e. The summed E-state index contributed by atoms with van der Waals surface area (Å²) in [5.74, 6) is 0.719. The second-order valence-electron chi connectivity index (χ2n) is 7.41. The fraction of sp³-hybridized carbons (Fsp3) is 0.250. The first-order valence-corrected chi connectivity index (χ1v) is 11.1. The molecule has 5 nitrogen and oxygen atoms in total. The Morgan fingerprint density at radius 3 is 2.42 bits per heavy atom. The van der Waals surface area contributed by atoms with Crippen molar-refractivity contribution in [1.29, 1.82) is 5.41 Å². The number of halogens is 1. The van der Waals surface area contributed by atoms with Gasteiger partial charge in [-0.1, -0.05) is 23.7 Å². The van der Waals surface area contributed by atoms with E-state index in [0.717, 1.165) is 38.7 Å². The fourth-order valence-corrected chi connectivity index (χ4v) is 4.37. The van der Waals surface area contributed by atoms with Gasteiger partial charge in [-0.3, -0.25) is 10.2 Å². The summed E-state index contributed by atoms with van der Waals surface area (Å²) in [6.45, 7) is 1.38. The highest BCUT2D eigenvalue weighted by atomic mass is 35.5. The lowest BCUT2D eigenvalue weighted by molar-refractivity contribution is -0.120. The Kier molecular flexibility index (Phi) is 7.85. The lowest BCUT2D eigenvalue weighted by Gasteiger charge is -2.10. The molecule has 3 rings (SSSR count). The predicted molar refractivity (Wildman–Crippen MR) is 129 cm³/mol. The molecule has 0 bridgehead atoms. The van der Waals surface area contributed by atoms with Gasteiger partial charge in [0, 0.05) is 28.6 Å². The van der Waals surface area contributed by atoms with Crippen LogP contribution in [0.4, 0.5) is 0 Å². The molecule has 0 saturated heterocycles. The molecule has 1 amide bonds. The van der Waals surface area contributed by atoms with Gasteiger partial charge in [-0.15, -0.1) is 11.3 Å². The number of ether oxygens (including phenoxy) is 1. The minimum absolute atomic E-state index is 0.0302. The monoisotopic (exact) mass is 455 g/mol. The lowest BCUT2D eigenvalue weighted by Crippen LogP contribution is -2.32. The third-order valence-electron chi connectivity index (χ3n) is 4.77. The molecule has 7 heteroatoms. The molecule has 2 aromatic carbocycles. The second kappa shape index (κ2) is 10.6. The number of thiophene rings is 1. The fourth-order valence-electron chi connectivity index (χ4n) is 3.08. The topological polar surface area (TPSA) is 65.4 Å². The van der Waals surface area contributed by atoms with Gasteiger partial charge in [-0.05, 0) is 67.7 Å². The van der Waals surface area contributed by atoms with Gasteiger partial charge in [-0.2, -0.15) is 0 Å². The minimum atomic E-state index is -0.0302. The van der Waals surface area contributed by atoms with Crippen LogP contribution < -0.4 is 10.1 Å². The number of carbonyl (C=O) groups excluding carboxylic acids is 1. The molecule has 0 spiro atoms. The zero-order chi connectivity index (χ0) is 22.4. The average molecular weight is 456 g/mol. The molecule has 0 unspecified atom stereocenters. The highest BCUT2D eigenvalue weighted by molar-refractivity contribution is 7.17. The van der Waals surface area contributed by atoms with Crippen molar-refractivity contribution in [2.24, 2.45) is 0 Å². The SMILES string of the molecule is COc1ccc(C(=N)c2cc(CC(=O)NCCN(C)C)c(-c3ccc(Cl)cc3)s2)cc1. The Balaban J connectivity index is 1.88. The van der Waals surface area contributed by atoms with Crippen molar-refractivity contribution in [2.45, 2.75) is 6.42 Å². The minimum Gasteiger partial charge on any atom is -0.497 e. The van der Waals surface area contributed by atoms with Crippen LogP contribution in [0.5, 0.6) is 5.75 Å². The number of carbonyl (C=O) groups is 1. The maximum atomic E-state index is 12.5. The molecule has 0 radical (unpaired) electrons. The Bertz CT molecular complexity index is 1040. The van der Waals surface area contributed by atoms with Crippen LogP contribution in [0.15, 0.2) is 54.6 Å². The molecule has 0 aliphatic rings. The Labute approximate surface area is 192 Å². The van der Waals surface area contributed by atoms with Crippen LogP contribution in [-0.2, 0) is 11.2 Å². The van der Waals surface area contributed by atoms with E-state index in [9.17, 15) is 4.79 Å². The molecule has 0 aliphatic heterocycles. The quantitative estimate of drug-likeness (QED) is 0.459. The van der Waals surface area contributed by atoms with Gasteiger partial charge >= 0.3 is 0 Å². The lowest BCUT2D eigenvalue weighted by atomic mass is 10.0. The zero-order valence-corrected chi connectivity index (χ0v) is 19.4. The summed E-state index contributed by atoms with van der Waals surface area (Å²) in [4.78, 5) is 16.4. The number of nitrogens with zero attached hydrogens (tertiary/aromatic N) is 1. The standard InChI is InChI=1S/C24H26ClN3O2S/c1-28(2)13-12-27-22(29)15-18-14-21(23(26)16-6-10-20(30-3)11-7-16)31-24(18)17-4-8-19(25)9-5-17/h4-11,14,26H,12-13,15H2,1-3H3,(H,27,29). The molecular weight excluding hydrogens is 430 g/mol. The summed E-state index contributed by atoms with van der Waals surface area (Å²) in [5, 5.41) is 12.3. The highest BCUT2D eigenvalue weighted by Crippen LogP contribution is 2.35. The van der Waals surface area contributed by atoms with E-state index in [1.807, 2.05) is 73.6 Å². The van der Waals surface area contributed by atoms with E-state index in [1.54, 1.807) is 7.11 Å². The van der Waals surface area contributed by atoms with Gasteiger partial charge in [0.1, 0.15) is 5.75 Å². The normalized spacial score (nSPS) is 10.9. The zero-order valence-electron chi connectivity index (χ0n) is 17.9. The van der Waals surface area contributed by atoms with Crippen molar-refractivity contribution in [2.75, 3.05) is 34.3 Å². The summed E-state index contributed by atoms with van der Waals surface area (Å²) in [6, 6.07) is 17.0. The summed E-state index contributed by atoms with van der Waals surface area (Å²) in [7, 11) is 5.56. The maximum absolute atomic E-state index is 12.5. The molecule has 2 N–H and O–H groups in total. The first kappa shape index (κ1) is 23.0. The van der Waals surface area contributed by atoms with E-state index in [1.165, 1.54) is 11.3 Å². The average Bonchev–Trinajstić information content (AvgIpc) is 3.17. The molecular formula is C24H26ClN3O2S. The van der Waals surface area contributed by atoms with Crippen LogP contribution in [-0.4, -0.2) is 50.8 Å². The molecule has 0 fully saturated rings. The highest BCUT2D eigenvalue weighted by Gasteiger charge is 2.17. The van der Waals surface area contributed by atoms with Crippen molar-refractivity contribution >= 4 is 34.6 Å². The maximum Gasteiger partial charge on any atom is 0.224 e. The van der Waals surface area contributed by atoms with Crippen molar-refractivity contribution in [3.05, 3.63) is 75.6 Å². The first-order valence-electron chi connectivity index (χ1n) is 9.91. The molecule has 1 heterocycles. The smallest absolute Gasteiger partial charge is 0.224 e. The molecule has 0 atom stereocenters. The van der Waals surface area contributed by atoms with Gasteiger partial charge in [0.2, 0.25) is 5.91 Å². The summed E-state index contributed by atoms with van der Waals surface area (Å²) in [6.07, 6.45) is 0.262. The van der Waals surface area contributed by atoms with Crippen LogP contribution >= 0.6 is 22.9 Å². The molecule has 0 aliphatic carbocycles. The van der Waals surface area contributed by atoms with Gasteiger partial charge in [-0.25, -0.2) is 0 Å². The van der Waals surface area contributed by atoms with Crippen LogP contribution in [0.3, 0.4) is 0 Å². The van der Waals surface area contributed by atoms with Crippen molar-refractivity contribution < 1.29 is 9.53 Å². The van der Waals surface area contributed by atoms with Crippen molar-refractivity contribution in [1.82, 2.24) is 10.2 Å². The molecule has 31 heavy (non-hydrogen) atoms. The van der Waals surface area contributed by atoms with Crippen LogP contribution in [0.25, 0.3) is 10.4 Å². The van der Waals surface area contributed by atoms with E-state index in [2.05, 4.69) is 5.32 Å². The Hall–Kier alpha value is -2.67. The number of likely N-dealkylation sites (N-methyl/N-ethyl adjacent to an activating group) is 1. The third kappa shape index (κ3) is 6.17. The number of hydrogen-bond donors (Lipinski definition) is 2. The van der Waals surface area contributed by atoms with E-state index < -0.39 is 0 Å². The molecule has 3 aromatic rings. The van der Waals surface area contributed by atoms with E-state index in [4.69, 9.17) is 21.7 Å². The Morgan fingerprint density at radius 2 is 1.81 bits per heavy atom. The van der Waals surface area contributed by atoms with E-state index in [0.29, 0.717) is 17.3 Å². The van der Waals surface area contributed by atoms with E-state index >= 15 is 0 Å². The van der Waals surface area contributed by atoms with Crippen molar-refractivity contribution in [3.63, 3.8) is 0 Å².